The quantitative estimate of drug-likeness (QED) is 0.0705. The van der Waals surface area contributed by atoms with Gasteiger partial charge in [-0.05, 0) is 126 Å². The van der Waals surface area contributed by atoms with Crippen molar-refractivity contribution in [1.29, 1.82) is 0 Å². The van der Waals surface area contributed by atoms with Crippen LogP contribution in [0.3, 0.4) is 0 Å². The summed E-state index contributed by atoms with van der Waals surface area (Å²) < 4.78 is 18.6. The number of aryl methyl sites for hydroxylation is 4. The first-order chi connectivity index (χ1) is 27.0. The maximum atomic E-state index is 7.13. The predicted molar refractivity (Wildman–Crippen MR) is 236 cm³/mol. The van der Waals surface area contributed by atoms with Gasteiger partial charge >= 0.3 is 6.03 Å². The predicted octanol–water partition coefficient (Wildman–Crippen LogP) is 10.9. The van der Waals surface area contributed by atoms with Crippen molar-refractivity contribution in [3.63, 3.8) is 0 Å². The molecular formula is C51H54N2O2P+3. The Kier molecular flexibility index (Phi) is 10.5. The molecule has 5 heteroatoms. The Morgan fingerprint density at radius 2 is 0.929 bits per heavy atom. The van der Waals surface area contributed by atoms with Crippen molar-refractivity contribution in [2.75, 3.05) is 6.16 Å². The lowest BCUT2D eigenvalue weighted by Crippen LogP contribution is -2.59. The van der Waals surface area contributed by atoms with Crippen LogP contribution in [0.4, 0.5) is 11.4 Å². The summed E-state index contributed by atoms with van der Waals surface area (Å²) >= 11 is 0. The van der Waals surface area contributed by atoms with Gasteiger partial charge in [0.1, 0.15) is 23.2 Å². The Bertz CT molecular complexity index is 2330. The summed E-state index contributed by atoms with van der Waals surface area (Å²) in [7, 11) is -1.85. The molecule has 6 aromatic rings. The molecule has 0 amide bonds. The molecule has 0 fully saturated rings. The fourth-order valence-electron chi connectivity index (χ4n) is 9.01. The van der Waals surface area contributed by atoms with Crippen LogP contribution in [0.15, 0.2) is 140 Å². The van der Waals surface area contributed by atoms with E-state index in [9.17, 15) is 0 Å². The third kappa shape index (κ3) is 6.48. The number of hydrogen-bond donors (Lipinski definition) is 0. The van der Waals surface area contributed by atoms with Gasteiger partial charge in [0.05, 0.1) is 17.3 Å². The third-order valence-electron chi connectivity index (χ3n) is 11.6. The monoisotopic (exact) mass is 757 g/mol. The number of benzene rings is 6. The molecule has 0 aliphatic carbocycles. The molecule has 1 atom stereocenters. The average Bonchev–Trinajstić information content (AvgIpc) is 3.49. The van der Waals surface area contributed by atoms with Crippen molar-refractivity contribution >= 4 is 47.0 Å². The molecule has 1 spiro atoms. The second-order valence-electron chi connectivity index (χ2n) is 15.4. The summed E-state index contributed by atoms with van der Waals surface area (Å²) in [4.78, 5) is 0. The second-order valence-corrected chi connectivity index (χ2v) is 19.0. The first-order valence-corrected chi connectivity index (χ1v) is 22.0. The number of hydrogen-bond acceptors (Lipinski definition) is 2. The van der Waals surface area contributed by atoms with E-state index in [2.05, 4.69) is 182 Å². The second kappa shape index (κ2) is 15.7. The van der Waals surface area contributed by atoms with Gasteiger partial charge in [-0.15, -0.1) is 0 Å². The molecule has 282 valence electrons. The Balaban J connectivity index is 0.00000441. The van der Waals surface area contributed by atoms with Crippen LogP contribution in [0.5, 0.6) is 11.5 Å². The van der Waals surface area contributed by atoms with Crippen LogP contribution < -0.4 is 25.4 Å². The maximum absolute atomic E-state index is 7.13. The zero-order chi connectivity index (χ0) is 37.4. The van der Waals surface area contributed by atoms with E-state index in [1.807, 2.05) is 0 Å². The van der Waals surface area contributed by atoms with Crippen LogP contribution in [0.2, 0.25) is 0 Å². The summed E-state index contributed by atoms with van der Waals surface area (Å²) in [6.07, 6.45) is 13.6. The largest absolute Gasteiger partial charge is 0.715 e. The lowest BCUT2D eigenvalue weighted by Gasteiger charge is -2.28. The summed E-state index contributed by atoms with van der Waals surface area (Å²) in [5, 5.41) is 4.35. The van der Waals surface area contributed by atoms with Gasteiger partial charge in [-0.1, -0.05) is 106 Å². The van der Waals surface area contributed by atoms with E-state index in [-0.39, 0.29) is 7.43 Å². The zero-order valence-corrected chi connectivity index (χ0v) is 33.1. The highest BCUT2D eigenvalue weighted by atomic mass is 31.2. The van der Waals surface area contributed by atoms with E-state index in [1.54, 1.807) is 0 Å². The van der Waals surface area contributed by atoms with Crippen molar-refractivity contribution in [1.82, 2.24) is 0 Å². The minimum absolute atomic E-state index is 0. The maximum Gasteiger partial charge on any atom is 0.715 e. The van der Waals surface area contributed by atoms with E-state index in [4.69, 9.17) is 9.47 Å². The molecule has 6 aromatic carbocycles. The highest BCUT2D eigenvalue weighted by molar-refractivity contribution is 7.95. The van der Waals surface area contributed by atoms with E-state index < -0.39 is 13.3 Å². The average molecular weight is 758 g/mol. The Morgan fingerprint density at radius 1 is 0.518 bits per heavy atom. The highest BCUT2D eigenvalue weighted by Gasteiger charge is 2.72. The Labute approximate surface area is 334 Å². The first kappa shape index (κ1) is 37.6. The highest BCUT2D eigenvalue weighted by Crippen LogP contribution is 2.56. The Hall–Kier alpha value is -5.31. The molecule has 9 rings (SSSR count). The van der Waals surface area contributed by atoms with E-state index >= 15 is 0 Å². The fraction of sp³-hybridized carbons (Fsp3) is 0.255. The molecule has 3 aliphatic rings. The minimum atomic E-state index is -1.85. The number of rotatable bonds is 12. The van der Waals surface area contributed by atoms with Crippen molar-refractivity contribution in [2.24, 2.45) is 0 Å². The number of ether oxygens (including phenoxy) is 2. The Morgan fingerprint density at radius 3 is 1.36 bits per heavy atom. The van der Waals surface area contributed by atoms with Gasteiger partial charge in [-0.25, -0.2) is 0 Å². The van der Waals surface area contributed by atoms with Crippen LogP contribution >= 0.6 is 7.26 Å². The molecule has 0 bridgehead atoms. The zero-order valence-electron chi connectivity index (χ0n) is 32.2. The molecule has 0 aromatic heterocycles. The lowest BCUT2D eigenvalue weighted by atomic mass is 10.00. The standard InChI is InChI=1S/C50H50N2O2P.CH4/c1-4-5-9-20-39-31-37(2)48-41(33-39)35-51-46-28-16-17-29-47(46)52-36-42-34-40(32-38(3)49(42)54-50(51,52)53-48)21-18-19-30-55(43-22-10-6-11-23-43,44-24-12-7-13-25-44)45-26-14-8-15-27-45;/h6-8,10-17,22-29,31-36H,4-5,9,18-21,30H2,1-3H3;1H4/q+3;. The van der Waals surface area contributed by atoms with Gasteiger partial charge < -0.3 is 9.47 Å². The molecule has 0 saturated carbocycles. The van der Waals surface area contributed by atoms with Crippen LogP contribution in [0.25, 0.3) is 0 Å². The van der Waals surface area contributed by atoms with Crippen LogP contribution in [-0.2, 0) is 12.8 Å². The summed E-state index contributed by atoms with van der Waals surface area (Å²) in [5.74, 6) is 1.77. The molecule has 56 heavy (non-hydrogen) atoms. The molecule has 4 nitrogen and oxygen atoms in total. The van der Waals surface area contributed by atoms with Gasteiger partial charge in [0.25, 0.3) is 11.4 Å². The van der Waals surface area contributed by atoms with Crippen molar-refractivity contribution in [3.8, 4) is 11.5 Å². The van der Waals surface area contributed by atoms with Gasteiger partial charge in [0.2, 0.25) is 0 Å². The smallest absolute Gasteiger partial charge is 0.340 e. The SMILES string of the molecule is C.CCCCCc1cc(C)c2c(c1)C=[N+]1c3ccccc3[N+]3=Cc4cc(CCCC[P+](c5ccccc5)(c5ccccc5)c5ccccc5)cc(C)c4OC13O2. The van der Waals surface area contributed by atoms with Crippen molar-refractivity contribution < 1.29 is 18.6 Å². The first-order valence-electron chi connectivity index (χ1n) is 20.1. The molecule has 3 aliphatic heterocycles. The van der Waals surface area contributed by atoms with Gasteiger partial charge in [-0.2, -0.15) is 0 Å². The molecule has 0 saturated heterocycles. The van der Waals surface area contributed by atoms with Gasteiger partial charge in [0, 0.05) is 12.1 Å². The van der Waals surface area contributed by atoms with Crippen LogP contribution in [0, 0.1) is 13.8 Å². The van der Waals surface area contributed by atoms with Crippen molar-refractivity contribution in [3.05, 3.63) is 173 Å². The fourth-order valence-corrected chi connectivity index (χ4v) is 13.4. The number of nitrogens with zero attached hydrogens (tertiary/aromatic N) is 2. The van der Waals surface area contributed by atoms with E-state index in [0.717, 1.165) is 77.0 Å². The normalized spacial score (nSPS) is 16.1. The third-order valence-corrected chi connectivity index (χ3v) is 16.1. The van der Waals surface area contributed by atoms with Crippen LogP contribution in [-0.4, -0.2) is 33.8 Å². The number of para-hydroxylation sites is 2. The molecule has 3 heterocycles. The number of fused-ring (bicyclic) bond motifs is 5. The van der Waals surface area contributed by atoms with E-state index in [0.29, 0.717) is 0 Å². The molecular weight excluding hydrogens is 704 g/mol. The molecule has 0 N–H and O–H groups in total. The number of unbranched alkanes of at least 4 members (excludes halogenated alkanes) is 3. The minimum Gasteiger partial charge on any atom is -0.340 e. The molecule has 1 unspecified atom stereocenters. The van der Waals surface area contributed by atoms with Crippen LogP contribution in [0.1, 0.15) is 79.8 Å². The summed E-state index contributed by atoms with van der Waals surface area (Å²) in [5.41, 5.74) is 9.32. The van der Waals surface area contributed by atoms with E-state index in [1.165, 1.54) is 46.3 Å². The summed E-state index contributed by atoms with van der Waals surface area (Å²) in [6.45, 7) is 6.60. The van der Waals surface area contributed by atoms with Gasteiger partial charge in [-0.3, -0.25) is 0 Å². The van der Waals surface area contributed by atoms with Gasteiger partial charge in [0.15, 0.2) is 23.9 Å². The molecule has 0 radical (unpaired) electrons. The lowest BCUT2D eigenvalue weighted by molar-refractivity contribution is -0.831. The topological polar surface area (TPSA) is 24.5 Å². The van der Waals surface area contributed by atoms with Crippen molar-refractivity contribution in [2.45, 2.75) is 79.2 Å². The summed E-state index contributed by atoms with van der Waals surface area (Å²) in [6, 6.07) is 50.3.